The fourth-order valence-corrected chi connectivity index (χ4v) is 14.9. The van der Waals surface area contributed by atoms with Gasteiger partial charge in [-0.15, -0.1) is 0 Å². The van der Waals surface area contributed by atoms with Crippen molar-refractivity contribution in [3.63, 3.8) is 0 Å². The van der Waals surface area contributed by atoms with Crippen LogP contribution in [0.2, 0.25) is 0 Å². The highest BCUT2D eigenvalue weighted by molar-refractivity contribution is 6.15. The lowest BCUT2D eigenvalue weighted by Crippen LogP contribution is -1.97. The summed E-state index contributed by atoms with van der Waals surface area (Å²) in [4.78, 5) is 0. The van der Waals surface area contributed by atoms with Crippen molar-refractivity contribution in [2.24, 2.45) is 0 Å². The maximum atomic E-state index is 2.49. The van der Waals surface area contributed by atoms with Crippen molar-refractivity contribution in [2.45, 2.75) is 13.8 Å². The maximum Gasteiger partial charge on any atom is 0.0541 e. The summed E-state index contributed by atoms with van der Waals surface area (Å²) in [6.07, 6.45) is 0. The predicted molar refractivity (Wildman–Crippen MR) is 380 cm³/mol. The maximum absolute atomic E-state index is 2.49. The molecule has 0 saturated carbocycles. The topological polar surface area (TPSA) is 19.7 Å². The molecule has 0 atom stereocenters. The average molecular weight is 1150 g/mol. The molecule has 0 aliphatic heterocycles. The van der Waals surface area contributed by atoms with Crippen LogP contribution in [-0.2, 0) is 0 Å². The number of para-hydroxylation sites is 8. The summed E-state index contributed by atoms with van der Waals surface area (Å²) in [6.45, 7) is 4.70. The standard InChI is InChI=1S/C86H58N4/c1-55-71(59-41-45-85-77(49-59)69-33-17-21-37-81(69)89(85)65-27-11-5-12-28-65)51-61(57-39-43-83-75(47-57)67-31-15-19-35-79(67)87(83)63-23-7-3-8-24-63)53-73(55)74-54-62(58-40-44-84-76(48-58)68-32-16-20-36-80(68)88(84)64-25-9-4-10-26-64)52-72(56(74)2)60-42-46-86-78(50-60)70-34-18-22-38-82(70)90(86)66-29-13-6-14-30-66/h3-54H,1-2H3. The Bertz CT molecular complexity index is 5530. The van der Waals surface area contributed by atoms with Crippen molar-refractivity contribution >= 4 is 87.2 Å². The number of nitrogens with zero attached hydrogens (tertiary/aromatic N) is 4. The van der Waals surface area contributed by atoms with E-state index in [4.69, 9.17) is 0 Å². The molecule has 0 unspecified atom stereocenters. The third-order valence-corrected chi connectivity index (χ3v) is 19.1. The molecule has 18 rings (SSSR count). The van der Waals surface area contributed by atoms with Crippen molar-refractivity contribution in [1.29, 1.82) is 0 Å². The van der Waals surface area contributed by atoms with E-state index in [9.17, 15) is 0 Å². The molecular formula is C86H58N4. The van der Waals surface area contributed by atoms with Crippen LogP contribution in [0.4, 0.5) is 0 Å². The molecule has 422 valence electrons. The molecule has 4 aromatic heterocycles. The Morgan fingerprint density at radius 2 is 0.389 bits per heavy atom. The van der Waals surface area contributed by atoms with Gasteiger partial charge in [-0.2, -0.15) is 0 Å². The van der Waals surface area contributed by atoms with E-state index in [1.165, 1.54) is 132 Å². The number of hydrogen-bond donors (Lipinski definition) is 0. The molecule has 0 aliphatic carbocycles. The number of rotatable bonds is 9. The van der Waals surface area contributed by atoms with Gasteiger partial charge in [-0.05, 0) is 226 Å². The Labute approximate surface area is 521 Å². The van der Waals surface area contributed by atoms with Crippen LogP contribution in [0.3, 0.4) is 0 Å². The van der Waals surface area contributed by atoms with Gasteiger partial charge in [0.25, 0.3) is 0 Å². The number of hydrogen-bond acceptors (Lipinski definition) is 0. The predicted octanol–water partition coefficient (Wildman–Crippen LogP) is 23.0. The van der Waals surface area contributed by atoms with E-state index < -0.39 is 0 Å². The summed E-state index contributed by atoms with van der Waals surface area (Å²) in [5.41, 5.74) is 28.3. The smallest absolute Gasteiger partial charge is 0.0541 e. The highest BCUT2D eigenvalue weighted by Crippen LogP contribution is 2.47. The summed E-state index contributed by atoms with van der Waals surface area (Å²) in [7, 11) is 0. The second kappa shape index (κ2) is 20.5. The van der Waals surface area contributed by atoms with Gasteiger partial charge in [0, 0.05) is 65.8 Å². The molecule has 0 fully saturated rings. The Morgan fingerprint density at radius 1 is 0.167 bits per heavy atom. The van der Waals surface area contributed by atoms with Gasteiger partial charge in [0.1, 0.15) is 0 Å². The summed E-state index contributed by atoms with van der Waals surface area (Å²) in [5, 5.41) is 9.81. The lowest BCUT2D eigenvalue weighted by Gasteiger charge is -2.21. The molecule has 0 saturated heterocycles. The molecule has 0 spiro atoms. The molecule has 0 bridgehead atoms. The molecular weight excluding hydrogens is 1090 g/mol. The van der Waals surface area contributed by atoms with Crippen LogP contribution in [0.1, 0.15) is 11.1 Å². The molecule has 14 aromatic carbocycles. The van der Waals surface area contributed by atoms with Crippen molar-refractivity contribution in [3.8, 4) is 78.4 Å². The Hall–Kier alpha value is -11.7. The fraction of sp³-hybridized carbons (Fsp3) is 0.0233. The van der Waals surface area contributed by atoms with Gasteiger partial charge in [-0.1, -0.05) is 170 Å². The summed E-state index contributed by atoms with van der Waals surface area (Å²) in [6, 6.07) is 117. The van der Waals surface area contributed by atoms with Crippen LogP contribution in [-0.4, -0.2) is 18.3 Å². The van der Waals surface area contributed by atoms with Gasteiger partial charge in [0.15, 0.2) is 0 Å². The van der Waals surface area contributed by atoms with E-state index in [2.05, 4.69) is 348 Å². The molecule has 4 heterocycles. The van der Waals surface area contributed by atoms with Gasteiger partial charge >= 0.3 is 0 Å². The summed E-state index contributed by atoms with van der Waals surface area (Å²) < 4.78 is 9.64. The Kier molecular flexibility index (Phi) is 11.7. The van der Waals surface area contributed by atoms with Gasteiger partial charge < -0.3 is 18.3 Å². The fourth-order valence-electron chi connectivity index (χ4n) is 14.9. The quantitative estimate of drug-likeness (QED) is 0.137. The molecule has 4 heteroatoms. The zero-order chi connectivity index (χ0) is 59.6. The van der Waals surface area contributed by atoms with E-state index in [-0.39, 0.29) is 0 Å². The molecule has 0 amide bonds. The largest absolute Gasteiger partial charge is 0.309 e. The molecule has 18 aromatic rings. The Morgan fingerprint density at radius 3 is 0.678 bits per heavy atom. The average Bonchev–Trinajstić information content (AvgIpc) is 1.63. The SMILES string of the molecule is Cc1c(-c2ccc3c(c2)c2ccccc2n3-c2ccccc2)cc(-c2ccc3c(c2)c2ccccc2n3-c2ccccc2)cc1-c1cc(-c2ccc3c(c2)c2ccccc2n3-c2ccccc2)cc(-c2ccc3c(c2)c2ccccc2n3-c2ccccc2)c1C. The van der Waals surface area contributed by atoms with Crippen molar-refractivity contribution in [3.05, 3.63) is 327 Å². The molecule has 0 aliphatic rings. The van der Waals surface area contributed by atoms with Crippen molar-refractivity contribution in [2.75, 3.05) is 0 Å². The normalized spacial score (nSPS) is 11.9. The van der Waals surface area contributed by atoms with E-state index in [0.29, 0.717) is 0 Å². The first-order chi connectivity index (χ1) is 44.5. The monoisotopic (exact) mass is 1150 g/mol. The van der Waals surface area contributed by atoms with E-state index >= 15 is 0 Å². The highest BCUT2D eigenvalue weighted by Gasteiger charge is 2.23. The number of fused-ring (bicyclic) bond motifs is 12. The van der Waals surface area contributed by atoms with Crippen molar-refractivity contribution in [1.82, 2.24) is 18.3 Å². The van der Waals surface area contributed by atoms with Gasteiger partial charge in [-0.25, -0.2) is 0 Å². The lowest BCUT2D eigenvalue weighted by atomic mass is 9.83. The second-order valence-corrected chi connectivity index (χ2v) is 24.1. The van der Waals surface area contributed by atoms with E-state index in [1.54, 1.807) is 0 Å². The number of aromatic nitrogens is 4. The minimum atomic E-state index is 1.15. The first-order valence-corrected chi connectivity index (χ1v) is 31.1. The number of benzene rings is 14. The minimum absolute atomic E-state index is 1.15. The highest BCUT2D eigenvalue weighted by atomic mass is 15.0. The van der Waals surface area contributed by atoms with Crippen LogP contribution in [0.5, 0.6) is 0 Å². The Balaban J connectivity index is 0.907. The first kappa shape index (κ1) is 51.5. The summed E-state index contributed by atoms with van der Waals surface area (Å²) in [5.74, 6) is 0. The van der Waals surface area contributed by atoms with Crippen LogP contribution in [0.15, 0.2) is 315 Å². The zero-order valence-corrected chi connectivity index (χ0v) is 49.8. The van der Waals surface area contributed by atoms with Gasteiger partial charge in [0.2, 0.25) is 0 Å². The molecule has 4 nitrogen and oxygen atoms in total. The summed E-state index contributed by atoms with van der Waals surface area (Å²) >= 11 is 0. The first-order valence-electron chi connectivity index (χ1n) is 31.1. The van der Waals surface area contributed by atoms with Crippen LogP contribution in [0.25, 0.3) is 166 Å². The van der Waals surface area contributed by atoms with Crippen LogP contribution >= 0.6 is 0 Å². The third-order valence-electron chi connectivity index (χ3n) is 19.1. The molecule has 0 N–H and O–H groups in total. The zero-order valence-electron chi connectivity index (χ0n) is 49.8. The van der Waals surface area contributed by atoms with Gasteiger partial charge in [0.05, 0.1) is 44.1 Å². The van der Waals surface area contributed by atoms with Crippen LogP contribution in [0, 0.1) is 13.8 Å². The van der Waals surface area contributed by atoms with Crippen molar-refractivity contribution < 1.29 is 0 Å². The third kappa shape index (κ3) is 8.01. The van der Waals surface area contributed by atoms with Crippen LogP contribution < -0.4 is 0 Å². The molecule has 90 heavy (non-hydrogen) atoms. The second-order valence-electron chi connectivity index (χ2n) is 24.1. The lowest BCUT2D eigenvalue weighted by molar-refractivity contribution is 1.18. The molecule has 0 radical (unpaired) electrons. The van der Waals surface area contributed by atoms with Gasteiger partial charge in [-0.3, -0.25) is 0 Å². The van der Waals surface area contributed by atoms with E-state index in [0.717, 1.165) is 45.0 Å². The minimum Gasteiger partial charge on any atom is -0.309 e. The van der Waals surface area contributed by atoms with E-state index in [1.807, 2.05) is 0 Å².